The summed E-state index contributed by atoms with van der Waals surface area (Å²) in [5.41, 5.74) is 1.73. The zero-order valence-corrected chi connectivity index (χ0v) is 15.3. The molecule has 1 saturated heterocycles. The lowest BCUT2D eigenvalue weighted by Crippen LogP contribution is -2.24. The lowest BCUT2D eigenvalue weighted by Gasteiger charge is -2.22. The number of anilines is 1. The minimum atomic E-state index is -0.156. The molecule has 5 rings (SSSR count). The summed E-state index contributed by atoms with van der Waals surface area (Å²) in [6.07, 6.45) is 5.41. The molecule has 0 atom stereocenters. The van der Waals surface area contributed by atoms with Gasteiger partial charge in [0.05, 0.1) is 16.5 Å². The summed E-state index contributed by atoms with van der Waals surface area (Å²) in [4.78, 5) is 22.3. The van der Waals surface area contributed by atoms with Crippen molar-refractivity contribution in [1.29, 1.82) is 0 Å². The van der Waals surface area contributed by atoms with Gasteiger partial charge < -0.3 is 10.1 Å². The number of rotatable bonds is 4. The quantitative estimate of drug-likeness (QED) is 0.568. The van der Waals surface area contributed by atoms with Gasteiger partial charge in [-0.1, -0.05) is 18.2 Å². The van der Waals surface area contributed by atoms with Crippen LogP contribution in [0, 0.1) is 5.92 Å². The Bertz CT molecular complexity index is 1180. The van der Waals surface area contributed by atoms with Gasteiger partial charge in [0.2, 0.25) is 5.95 Å². The van der Waals surface area contributed by atoms with Gasteiger partial charge >= 0.3 is 0 Å². The van der Waals surface area contributed by atoms with E-state index in [2.05, 4.69) is 25.5 Å². The molecule has 0 saturated carbocycles. The fraction of sp³-hybridized carbons (Fsp3) is 0.300. The summed E-state index contributed by atoms with van der Waals surface area (Å²) in [5.74, 6) is 1.05. The van der Waals surface area contributed by atoms with Crippen molar-refractivity contribution < 1.29 is 4.74 Å². The Morgan fingerprint density at radius 2 is 2.00 bits per heavy atom. The summed E-state index contributed by atoms with van der Waals surface area (Å²) in [6, 6.07) is 9.51. The van der Waals surface area contributed by atoms with Gasteiger partial charge in [0.15, 0.2) is 5.65 Å². The molecule has 0 spiro atoms. The fourth-order valence-corrected chi connectivity index (χ4v) is 3.67. The molecule has 3 aromatic heterocycles. The molecule has 4 heterocycles. The lowest BCUT2D eigenvalue weighted by molar-refractivity contribution is 0.0699. The van der Waals surface area contributed by atoms with E-state index in [0.29, 0.717) is 28.4 Å². The van der Waals surface area contributed by atoms with Crippen LogP contribution in [0.15, 0.2) is 47.5 Å². The van der Waals surface area contributed by atoms with Crippen molar-refractivity contribution in [2.24, 2.45) is 5.92 Å². The molecule has 1 aromatic carbocycles. The van der Waals surface area contributed by atoms with Crippen LogP contribution in [0.1, 0.15) is 12.8 Å². The van der Waals surface area contributed by atoms with Crippen LogP contribution in [0.2, 0.25) is 0 Å². The summed E-state index contributed by atoms with van der Waals surface area (Å²) >= 11 is 0. The minimum Gasteiger partial charge on any atom is -0.381 e. The Morgan fingerprint density at radius 3 is 2.82 bits per heavy atom. The van der Waals surface area contributed by atoms with E-state index < -0.39 is 0 Å². The third kappa shape index (κ3) is 2.91. The van der Waals surface area contributed by atoms with E-state index in [1.165, 1.54) is 0 Å². The molecular formula is C20H20N6O2. The Hall–Kier alpha value is -3.26. The zero-order chi connectivity index (χ0) is 18.9. The number of H-pyrrole nitrogens is 1. The molecule has 8 heteroatoms. The van der Waals surface area contributed by atoms with Crippen LogP contribution in [0.4, 0.5) is 5.95 Å². The lowest BCUT2D eigenvalue weighted by atomic mass is 10.0. The molecule has 4 aromatic rings. The van der Waals surface area contributed by atoms with Crippen LogP contribution in [0.25, 0.3) is 27.6 Å². The number of ether oxygens (including phenoxy) is 1. The maximum atomic E-state index is 13.1. The Morgan fingerprint density at radius 1 is 1.18 bits per heavy atom. The molecule has 142 valence electrons. The molecule has 0 unspecified atom stereocenters. The summed E-state index contributed by atoms with van der Waals surface area (Å²) < 4.78 is 7.03. The maximum absolute atomic E-state index is 13.1. The molecule has 8 nitrogen and oxygen atoms in total. The third-order valence-corrected chi connectivity index (χ3v) is 5.21. The van der Waals surface area contributed by atoms with Crippen molar-refractivity contribution in [2.75, 3.05) is 25.1 Å². The minimum absolute atomic E-state index is 0.156. The normalized spacial score (nSPS) is 15.3. The van der Waals surface area contributed by atoms with Gasteiger partial charge in [0.25, 0.3) is 5.56 Å². The second-order valence-electron chi connectivity index (χ2n) is 6.99. The van der Waals surface area contributed by atoms with Crippen LogP contribution in [-0.2, 0) is 4.74 Å². The number of fused-ring (bicyclic) bond motifs is 3. The highest BCUT2D eigenvalue weighted by Gasteiger charge is 2.17. The zero-order valence-electron chi connectivity index (χ0n) is 15.3. The van der Waals surface area contributed by atoms with Crippen LogP contribution >= 0.6 is 0 Å². The molecule has 28 heavy (non-hydrogen) atoms. The van der Waals surface area contributed by atoms with Gasteiger partial charge in [-0.3, -0.25) is 14.5 Å². The largest absolute Gasteiger partial charge is 0.381 e. The van der Waals surface area contributed by atoms with Crippen molar-refractivity contribution in [1.82, 2.24) is 24.7 Å². The Balaban J connectivity index is 1.62. The van der Waals surface area contributed by atoms with Gasteiger partial charge in [0.1, 0.15) is 5.52 Å². The monoisotopic (exact) mass is 376 g/mol. The highest BCUT2D eigenvalue weighted by molar-refractivity contribution is 6.02. The van der Waals surface area contributed by atoms with Crippen LogP contribution in [0.3, 0.4) is 0 Å². The number of nitrogens with zero attached hydrogens (tertiary/aromatic N) is 4. The van der Waals surface area contributed by atoms with Crippen molar-refractivity contribution >= 4 is 27.9 Å². The Kier molecular flexibility index (Phi) is 4.25. The molecule has 0 amide bonds. The first-order valence-electron chi connectivity index (χ1n) is 9.43. The van der Waals surface area contributed by atoms with E-state index in [1.54, 1.807) is 17.0 Å². The summed E-state index contributed by atoms with van der Waals surface area (Å²) in [7, 11) is 0. The highest BCUT2D eigenvalue weighted by Crippen LogP contribution is 2.23. The predicted octanol–water partition coefficient (Wildman–Crippen LogP) is 2.50. The number of benzene rings is 1. The summed E-state index contributed by atoms with van der Waals surface area (Å²) in [6.45, 7) is 2.39. The van der Waals surface area contributed by atoms with Crippen molar-refractivity contribution in [3.63, 3.8) is 0 Å². The van der Waals surface area contributed by atoms with E-state index in [4.69, 9.17) is 4.74 Å². The van der Waals surface area contributed by atoms with E-state index in [9.17, 15) is 4.79 Å². The number of nitrogens with one attached hydrogen (secondary N) is 2. The van der Waals surface area contributed by atoms with Gasteiger partial charge in [-0.15, -0.1) is 0 Å². The molecule has 0 bridgehead atoms. The number of hydrogen-bond donors (Lipinski definition) is 2. The van der Waals surface area contributed by atoms with Gasteiger partial charge in [0, 0.05) is 32.2 Å². The van der Waals surface area contributed by atoms with Crippen molar-refractivity contribution in [3.8, 4) is 5.69 Å². The number of para-hydroxylation sites is 1. The standard InChI is InChI=1S/C20H20N6O2/c27-19-16-12-23-25-17(16)15-11-22-20(21-10-13-6-8-28-9-7-13)24-18(15)26(19)14-4-2-1-3-5-14/h1-5,11-13H,6-10H2,(H,23,25)(H,21,22,24). The van der Waals surface area contributed by atoms with Crippen LogP contribution in [0.5, 0.6) is 0 Å². The van der Waals surface area contributed by atoms with E-state index in [-0.39, 0.29) is 5.56 Å². The smallest absolute Gasteiger partial charge is 0.267 e. The average molecular weight is 376 g/mol. The second-order valence-corrected chi connectivity index (χ2v) is 6.99. The van der Waals surface area contributed by atoms with Crippen molar-refractivity contribution in [2.45, 2.75) is 12.8 Å². The predicted molar refractivity (Wildman–Crippen MR) is 107 cm³/mol. The second kappa shape index (κ2) is 7.05. The number of aromatic nitrogens is 5. The molecule has 1 fully saturated rings. The van der Waals surface area contributed by atoms with Gasteiger partial charge in [-0.25, -0.2) is 4.98 Å². The fourth-order valence-electron chi connectivity index (χ4n) is 3.67. The molecule has 0 radical (unpaired) electrons. The third-order valence-electron chi connectivity index (χ3n) is 5.21. The number of aromatic amines is 1. The van der Waals surface area contributed by atoms with Gasteiger partial charge in [-0.05, 0) is 30.9 Å². The first-order chi connectivity index (χ1) is 13.8. The molecule has 0 aliphatic carbocycles. The van der Waals surface area contributed by atoms with Crippen LogP contribution < -0.4 is 10.9 Å². The molecular weight excluding hydrogens is 356 g/mol. The summed E-state index contributed by atoms with van der Waals surface area (Å²) in [5, 5.41) is 11.6. The van der Waals surface area contributed by atoms with E-state index in [0.717, 1.165) is 43.7 Å². The maximum Gasteiger partial charge on any atom is 0.267 e. The van der Waals surface area contributed by atoms with E-state index >= 15 is 0 Å². The molecule has 2 N–H and O–H groups in total. The van der Waals surface area contributed by atoms with E-state index in [1.807, 2.05) is 30.3 Å². The van der Waals surface area contributed by atoms with Crippen LogP contribution in [-0.4, -0.2) is 44.5 Å². The van der Waals surface area contributed by atoms with Crippen molar-refractivity contribution in [3.05, 3.63) is 53.1 Å². The van der Waals surface area contributed by atoms with Gasteiger partial charge in [-0.2, -0.15) is 10.1 Å². The Labute approximate surface area is 160 Å². The first-order valence-corrected chi connectivity index (χ1v) is 9.43. The topological polar surface area (TPSA) is 97.7 Å². The number of hydrogen-bond acceptors (Lipinski definition) is 6. The molecule has 1 aliphatic heterocycles. The average Bonchev–Trinajstić information content (AvgIpc) is 3.24. The first kappa shape index (κ1) is 16.9. The number of pyridine rings is 1. The highest BCUT2D eigenvalue weighted by atomic mass is 16.5. The SMILES string of the molecule is O=c1c2c[nH]nc2c2cnc(NCC3CCOCC3)nc2n1-c1ccccc1. The molecule has 1 aliphatic rings.